The Labute approximate surface area is 151 Å². The summed E-state index contributed by atoms with van der Waals surface area (Å²) in [6.45, 7) is 3.40. The zero-order valence-corrected chi connectivity index (χ0v) is 15.9. The largest absolute Gasteiger partial charge is 0.496 e. The van der Waals surface area contributed by atoms with E-state index < -0.39 is 0 Å². The van der Waals surface area contributed by atoms with Crippen LogP contribution in [0.15, 0.2) is 44.9 Å². The summed E-state index contributed by atoms with van der Waals surface area (Å²) in [5.74, 6) is 2.26. The van der Waals surface area contributed by atoms with Gasteiger partial charge >= 0.3 is 5.69 Å². The molecule has 0 aliphatic heterocycles. The third-order valence-electron chi connectivity index (χ3n) is 3.92. The molecule has 0 amide bonds. The lowest BCUT2D eigenvalue weighted by Crippen LogP contribution is -2.39. The molecule has 7 heteroatoms. The van der Waals surface area contributed by atoms with Crippen molar-refractivity contribution in [3.63, 3.8) is 0 Å². The molecule has 0 aliphatic carbocycles. The molecule has 1 aromatic heterocycles. The number of hydrogen-bond donors (Lipinski definition) is 1. The predicted octanol–water partition coefficient (Wildman–Crippen LogP) is 1.61. The Morgan fingerprint density at radius 1 is 1.24 bits per heavy atom. The van der Waals surface area contributed by atoms with E-state index in [0.717, 1.165) is 27.5 Å². The molecule has 0 radical (unpaired) electrons. The lowest BCUT2D eigenvalue weighted by atomic mass is 10.2. The Bertz CT molecular complexity index is 829. The summed E-state index contributed by atoms with van der Waals surface area (Å²) >= 11 is 1.76. The van der Waals surface area contributed by atoms with Crippen LogP contribution in [-0.2, 0) is 20.6 Å². The Kier molecular flexibility index (Phi) is 6.90. The molecule has 0 saturated carbocycles. The van der Waals surface area contributed by atoms with Crippen LogP contribution in [0.4, 0.5) is 0 Å². The zero-order chi connectivity index (χ0) is 18.4. The van der Waals surface area contributed by atoms with Crippen molar-refractivity contribution in [3.05, 3.63) is 56.9 Å². The Hall–Kier alpha value is -1.99. The first-order chi connectivity index (χ1) is 11.9. The fraction of sp³-hybridized carbons (Fsp3) is 0.444. The number of nitrogens with one attached hydrogen (secondary N) is 1. The minimum Gasteiger partial charge on any atom is -0.496 e. The summed E-state index contributed by atoms with van der Waals surface area (Å²) < 4.78 is 7.93. The molecule has 1 unspecified atom stereocenters. The number of aromatic nitrogens is 2. The van der Waals surface area contributed by atoms with Crippen LogP contribution >= 0.6 is 11.8 Å². The molecule has 0 saturated heterocycles. The zero-order valence-electron chi connectivity index (χ0n) is 15.1. The van der Waals surface area contributed by atoms with Gasteiger partial charge in [0.15, 0.2) is 0 Å². The van der Waals surface area contributed by atoms with Gasteiger partial charge in [0, 0.05) is 43.0 Å². The van der Waals surface area contributed by atoms with Crippen LogP contribution in [0.3, 0.4) is 0 Å². The first-order valence-corrected chi connectivity index (χ1v) is 9.14. The molecule has 1 heterocycles. The highest BCUT2D eigenvalue weighted by Gasteiger charge is 2.09. The molecular formula is C18H25N3O3S. The summed E-state index contributed by atoms with van der Waals surface area (Å²) in [4.78, 5) is 24.9. The Morgan fingerprint density at radius 2 is 1.96 bits per heavy atom. The van der Waals surface area contributed by atoms with Crippen molar-refractivity contribution in [1.82, 2.24) is 14.5 Å². The molecule has 1 atom stereocenters. The van der Waals surface area contributed by atoms with Crippen molar-refractivity contribution in [3.8, 4) is 5.75 Å². The van der Waals surface area contributed by atoms with Crippen LogP contribution < -0.4 is 21.3 Å². The van der Waals surface area contributed by atoms with E-state index in [9.17, 15) is 9.59 Å². The molecule has 25 heavy (non-hydrogen) atoms. The van der Waals surface area contributed by atoms with Gasteiger partial charge in [0.1, 0.15) is 5.75 Å². The van der Waals surface area contributed by atoms with E-state index in [1.807, 2.05) is 18.2 Å². The van der Waals surface area contributed by atoms with Gasteiger partial charge in [0.05, 0.1) is 7.11 Å². The SMILES string of the molecule is COc1ccccc1SCC(C)CNCc1cn(C)c(=O)n(C)c1=O. The summed E-state index contributed by atoms with van der Waals surface area (Å²) in [6.07, 6.45) is 1.60. The maximum absolute atomic E-state index is 12.1. The van der Waals surface area contributed by atoms with Crippen molar-refractivity contribution in [2.24, 2.45) is 20.0 Å². The van der Waals surface area contributed by atoms with Gasteiger partial charge in [0.25, 0.3) is 5.56 Å². The maximum Gasteiger partial charge on any atom is 0.330 e. The molecule has 6 nitrogen and oxygen atoms in total. The van der Waals surface area contributed by atoms with Crippen LogP contribution in [0.2, 0.25) is 0 Å². The van der Waals surface area contributed by atoms with E-state index in [0.29, 0.717) is 18.0 Å². The van der Waals surface area contributed by atoms with Crippen LogP contribution in [0.25, 0.3) is 0 Å². The quantitative estimate of drug-likeness (QED) is 0.722. The first kappa shape index (κ1) is 19.3. The fourth-order valence-electron chi connectivity index (χ4n) is 2.49. The molecule has 0 fully saturated rings. The van der Waals surface area contributed by atoms with E-state index in [4.69, 9.17) is 4.74 Å². The molecule has 1 N–H and O–H groups in total. The maximum atomic E-state index is 12.1. The van der Waals surface area contributed by atoms with Crippen molar-refractivity contribution in [2.45, 2.75) is 18.4 Å². The van der Waals surface area contributed by atoms with Crippen molar-refractivity contribution in [2.75, 3.05) is 19.4 Å². The molecule has 0 aliphatic rings. The fourth-order valence-corrected chi connectivity index (χ4v) is 3.54. The van der Waals surface area contributed by atoms with E-state index >= 15 is 0 Å². The van der Waals surface area contributed by atoms with E-state index in [2.05, 4.69) is 18.3 Å². The molecule has 2 rings (SSSR count). The number of methoxy groups -OCH3 is 1. The molecular weight excluding hydrogens is 338 g/mol. The van der Waals surface area contributed by atoms with Crippen molar-refractivity contribution in [1.29, 1.82) is 0 Å². The highest BCUT2D eigenvalue weighted by Crippen LogP contribution is 2.29. The minimum atomic E-state index is -0.310. The Morgan fingerprint density at radius 3 is 2.68 bits per heavy atom. The van der Waals surface area contributed by atoms with E-state index in [-0.39, 0.29) is 11.2 Å². The molecule has 136 valence electrons. The second-order valence-corrected chi connectivity index (χ2v) is 7.17. The number of thioether (sulfide) groups is 1. The second-order valence-electron chi connectivity index (χ2n) is 6.11. The van der Waals surface area contributed by atoms with E-state index in [1.165, 1.54) is 11.6 Å². The normalized spacial score (nSPS) is 12.2. The number of rotatable bonds is 8. The first-order valence-electron chi connectivity index (χ1n) is 8.16. The topological polar surface area (TPSA) is 65.3 Å². The average Bonchev–Trinajstić information content (AvgIpc) is 2.62. The van der Waals surface area contributed by atoms with Crippen LogP contribution in [0, 0.1) is 5.92 Å². The van der Waals surface area contributed by atoms with E-state index in [1.54, 1.807) is 32.1 Å². The highest BCUT2D eigenvalue weighted by atomic mass is 32.2. The number of ether oxygens (including phenoxy) is 1. The predicted molar refractivity (Wildman–Crippen MR) is 102 cm³/mol. The number of benzene rings is 1. The lowest BCUT2D eigenvalue weighted by Gasteiger charge is -2.14. The van der Waals surface area contributed by atoms with Gasteiger partial charge in [-0.25, -0.2) is 4.79 Å². The molecule has 0 bridgehead atoms. The van der Waals surface area contributed by atoms with Crippen LogP contribution in [-0.4, -0.2) is 28.5 Å². The summed E-state index contributed by atoms with van der Waals surface area (Å²) in [5.41, 5.74) is 0.0381. The standard InChI is InChI=1S/C18H25N3O3S/c1-13(12-25-16-8-6-5-7-15(16)24-4)9-19-10-14-11-20(2)18(23)21(3)17(14)22/h5-8,11,13,19H,9-10,12H2,1-4H3. The van der Waals surface area contributed by atoms with Crippen molar-refractivity contribution < 1.29 is 4.74 Å². The van der Waals surface area contributed by atoms with Gasteiger partial charge < -0.3 is 14.6 Å². The summed E-state index contributed by atoms with van der Waals surface area (Å²) in [7, 11) is 4.83. The number of aryl methyl sites for hydroxylation is 1. The van der Waals surface area contributed by atoms with Gasteiger partial charge in [-0.3, -0.25) is 9.36 Å². The van der Waals surface area contributed by atoms with Gasteiger partial charge in [-0.05, 0) is 24.6 Å². The second kappa shape index (κ2) is 8.92. The number of nitrogens with zero attached hydrogens (tertiary/aromatic N) is 2. The summed E-state index contributed by atoms with van der Waals surface area (Å²) in [6, 6.07) is 7.98. The minimum absolute atomic E-state index is 0.244. The third kappa shape index (κ3) is 4.99. The van der Waals surface area contributed by atoms with Crippen LogP contribution in [0.1, 0.15) is 12.5 Å². The third-order valence-corrected chi connectivity index (χ3v) is 5.30. The number of hydrogen-bond acceptors (Lipinski definition) is 5. The monoisotopic (exact) mass is 363 g/mol. The van der Waals surface area contributed by atoms with Gasteiger partial charge in [-0.1, -0.05) is 19.1 Å². The summed E-state index contributed by atoms with van der Waals surface area (Å²) in [5, 5.41) is 3.31. The molecule has 2 aromatic rings. The van der Waals surface area contributed by atoms with Gasteiger partial charge in [-0.2, -0.15) is 0 Å². The highest BCUT2D eigenvalue weighted by molar-refractivity contribution is 7.99. The van der Waals surface area contributed by atoms with Crippen LogP contribution in [0.5, 0.6) is 5.75 Å². The molecule has 0 spiro atoms. The van der Waals surface area contributed by atoms with Crippen molar-refractivity contribution >= 4 is 11.8 Å². The average molecular weight is 363 g/mol. The lowest BCUT2D eigenvalue weighted by molar-refractivity contribution is 0.404. The van der Waals surface area contributed by atoms with Gasteiger partial charge in [-0.15, -0.1) is 11.8 Å². The number of para-hydroxylation sites is 1. The Balaban J connectivity index is 1.86. The molecule has 1 aromatic carbocycles. The smallest absolute Gasteiger partial charge is 0.330 e. The van der Waals surface area contributed by atoms with Gasteiger partial charge in [0.2, 0.25) is 0 Å².